The van der Waals surface area contributed by atoms with Crippen LogP contribution in [0.3, 0.4) is 0 Å². The van der Waals surface area contributed by atoms with Crippen molar-refractivity contribution >= 4 is 23.7 Å². The van der Waals surface area contributed by atoms with Gasteiger partial charge in [-0.3, -0.25) is 14.4 Å². The molecule has 0 radical (unpaired) electrons. The van der Waals surface area contributed by atoms with E-state index in [9.17, 15) is 29.4 Å². The maximum absolute atomic E-state index is 12.7. The minimum Gasteiger partial charge on any atom is -0.480 e. The van der Waals surface area contributed by atoms with Crippen molar-refractivity contribution in [2.24, 2.45) is 5.73 Å². The lowest BCUT2D eigenvalue weighted by molar-refractivity contribution is -0.150. The largest absolute Gasteiger partial charge is 0.480 e. The molecule has 0 saturated carbocycles. The summed E-state index contributed by atoms with van der Waals surface area (Å²) in [5.74, 6) is -3.11. The Kier molecular flexibility index (Phi) is 7.67. The molecular weight excluding hydrogens is 384 g/mol. The zero-order valence-electron chi connectivity index (χ0n) is 16.0. The van der Waals surface area contributed by atoms with E-state index in [1.165, 1.54) is 19.4 Å². The van der Waals surface area contributed by atoms with Crippen LogP contribution in [0.15, 0.2) is 12.5 Å². The fourth-order valence-corrected chi connectivity index (χ4v) is 3.07. The molecule has 4 atom stereocenters. The zero-order valence-corrected chi connectivity index (χ0v) is 16.0. The number of aromatic nitrogens is 2. The normalized spacial score (nSPS) is 19.3. The number of carbonyl (C=O) groups is 4. The quantitative estimate of drug-likeness (QED) is 0.254. The van der Waals surface area contributed by atoms with Gasteiger partial charge in [0, 0.05) is 24.9 Å². The second-order valence-electron chi connectivity index (χ2n) is 6.90. The highest BCUT2D eigenvalue weighted by molar-refractivity contribution is 5.94. The monoisotopic (exact) mass is 410 g/mol. The van der Waals surface area contributed by atoms with Crippen LogP contribution >= 0.6 is 0 Å². The van der Waals surface area contributed by atoms with E-state index in [2.05, 4.69) is 20.6 Å². The van der Waals surface area contributed by atoms with Crippen LogP contribution < -0.4 is 16.4 Å². The third-order valence-electron chi connectivity index (χ3n) is 4.64. The molecule has 1 aliphatic rings. The van der Waals surface area contributed by atoms with Gasteiger partial charge < -0.3 is 36.5 Å². The third kappa shape index (κ3) is 5.74. The summed E-state index contributed by atoms with van der Waals surface area (Å²) in [5.41, 5.74) is 6.10. The number of H-pyrrole nitrogens is 1. The summed E-state index contributed by atoms with van der Waals surface area (Å²) in [5, 5.41) is 23.7. The Morgan fingerprint density at radius 1 is 1.31 bits per heavy atom. The van der Waals surface area contributed by atoms with Gasteiger partial charge in [-0.05, 0) is 19.8 Å². The molecule has 4 unspecified atom stereocenters. The first kappa shape index (κ1) is 22.3. The molecule has 0 spiro atoms. The minimum absolute atomic E-state index is 0.0537. The van der Waals surface area contributed by atoms with E-state index in [4.69, 9.17) is 5.73 Å². The number of amides is 3. The maximum atomic E-state index is 12.7. The molecule has 7 N–H and O–H groups in total. The van der Waals surface area contributed by atoms with Crippen molar-refractivity contribution in [1.29, 1.82) is 0 Å². The summed E-state index contributed by atoms with van der Waals surface area (Å²) in [6, 6.07) is -4.26. The van der Waals surface area contributed by atoms with Gasteiger partial charge in [0.25, 0.3) is 0 Å². The Morgan fingerprint density at radius 3 is 2.55 bits per heavy atom. The van der Waals surface area contributed by atoms with Crippen LogP contribution in [-0.4, -0.2) is 86.1 Å². The number of aliphatic hydroxyl groups is 1. The van der Waals surface area contributed by atoms with Crippen molar-refractivity contribution < 1.29 is 29.4 Å². The number of carbonyl (C=O) groups excluding carboxylic acids is 3. The summed E-state index contributed by atoms with van der Waals surface area (Å²) in [4.78, 5) is 56.5. The van der Waals surface area contributed by atoms with Gasteiger partial charge in [-0.1, -0.05) is 0 Å². The van der Waals surface area contributed by atoms with Crippen LogP contribution in [0.4, 0.5) is 0 Å². The summed E-state index contributed by atoms with van der Waals surface area (Å²) >= 11 is 0. The molecule has 160 valence electrons. The number of hydrogen-bond donors (Lipinski definition) is 6. The molecular formula is C17H26N6O6. The first-order valence-corrected chi connectivity index (χ1v) is 9.22. The van der Waals surface area contributed by atoms with Crippen molar-refractivity contribution in [1.82, 2.24) is 25.5 Å². The molecule has 1 aliphatic heterocycles. The van der Waals surface area contributed by atoms with Crippen molar-refractivity contribution in [2.75, 3.05) is 13.2 Å². The highest BCUT2D eigenvalue weighted by Crippen LogP contribution is 2.18. The average Bonchev–Trinajstić information content (AvgIpc) is 3.36. The Bertz CT molecular complexity index is 737. The molecule has 0 aliphatic carbocycles. The van der Waals surface area contributed by atoms with Gasteiger partial charge in [-0.25, -0.2) is 9.78 Å². The molecule has 1 aromatic rings. The standard InChI is InChI=1S/C17H26N6O6/c1-9(18)14(25)21-11(5-10-6-19-8-20-10)15(26)22-12(7-24)16(27)23-4-2-3-13(23)17(28)29/h6,8-9,11-13,24H,2-5,7,18H2,1H3,(H,19,20)(H,21,25)(H,22,26)(H,28,29). The maximum Gasteiger partial charge on any atom is 0.326 e. The topological polar surface area (TPSA) is 191 Å². The predicted octanol–water partition coefficient (Wildman–Crippen LogP) is -2.66. The Balaban J connectivity index is 2.11. The summed E-state index contributed by atoms with van der Waals surface area (Å²) in [7, 11) is 0. The van der Waals surface area contributed by atoms with Gasteiger partial charge in [0.2, 0.25) is 17.7 Å². The third-order valence-corrected chi connectivity index (χ3v) is 4.64. The average molecular weight is 410 g/mol. The Morgan fingerprint density at radius 2 is 2.00 bits per heavy atom. The van der Waals surface area contributed by atoms with E-state index < -0.39 is 54.5 Å². The SMILES string of the molecule is CC(N)C(=O)NC(Cc1cnc[nH]1)C(=O)NC(CO)C(=O)N1CCCC1C(=O)O. The summed E-state index contributed by atoms with van der Waals surface area (Å²) in [6.45, 7) is 0.965. The molecule has 2 heterocycles. The number of nitrogens with two attached hydrogens (primary N) is 1. The van der Waals surface area contributed by atoms with E-state index in [1.807, 2.05) is 0 Å². The number of aliphatic carboxylic acids is 1. The number of nitrogens with zero attached hydrogens (tertiary/aromatic N) is 2. The number of nitrogens with one attached hydrogen (secondary N) is 3. The summed E-state index contributed by atoms with van der Waals surface area (Å²) in [6.07, 6.45) is 3.77. The minimum atomic E-state index is -1.33. The highest BCUT2D eigenvalue weighted by Gasteiger charge is 2.38. The molecule has 1 fully saturated rings. The number of aromatic amines is 1. The first-order chi connectivity index (χ1) is 13.7. The Labute approximate surface area is 166 Å². The van der Waals surface area contributed by atoms with Gasteiger partial charge in [-0.15, -0.1) is 0 Å². The van der Waals surface area contributed by atoms with E-state index in [1.54, 1.807) is 0 Å². The number of hydrogen-bond acceptors (Lipinski definition) is 7. The van der Waals surface area contributed by atoms with Gasteiger partial charge >= 0.3 is 5.97 Å². The number of carboxylic acid groups (broad SMARTS) is 1. The molecule has 0 bridgehead atoms. The highest BCUT2D eigenvalue weighted by atomic mass is 16.4. The molecule has 12 nitrogen and oxygen atoms in total. The lowest BCUT2D eigenvalue weighted by atomic mass is 10.1. The van der Waals surface area contributed by atoms with E-state index in [-0.39, 0.29) is 13.0 Å². The van der Waals surface area contributed by atoms with Gasteiger partial charge in [-0.2, -0.15) is 0 Å². The molecule has 0 aromatic carbocycles. The van der Waals surface area contributed by atoms with Crippen LogP contribution in [0.5, 0.6) is 0 Å². The van der Waals surface area contributed by atoms with Crippen LogP contribution in [0.1, 0.15) is 25.5 Å². The second kappa shape index (κ2) is 9.98. The van der Waals surface area contributed by atoms with Crippen molar-refractivity contribution in [3.63, 3.8) is 0 Å². The number of rotatable bonds is 9. The molecule has 1 saturated heterocycles. The van der Waals surface area contributed by atoms with E-state index >= 15 is 0 Å². The molecule has 12 heteroatoms. The first-order valence-electron chi connectivity index (χ1n) is 9.22. The van der Waals surface area contributed by atoms with Gasteiger partial charge in [0.1, 0.15) is 18.1 Å². The number of imidazole rings is 1. The number of aliphatic hydroxyl groups excluding tert-OH is 1. The molecule has 29 heavy (non-hydrogen) atoms. The molecule has 2 rings (SSSR count). The molecule has 3 amide bonds. The number of likely N-dealkylation sites (tertiary alicyclic amines) is 1. The fraction of sp³-hybridized carbons (Fsp3) is 0.588. The van der Waals surface area contributed by atoms with Gasteiger partial charge in [0.05, 0.1) is 19.0 Å². The summed E-state index contributed by atoms with van der Waals surface area (Å²) < 4.78 is 0. The fourth-order valence-electron chi connectivity index (χ4n) is 3.07. The number of carboxylic acids is 1. The van der Waals surface area contributed by atoms with E-state index in [0.717, 1.165) is 4.90 Å². The lowest BCUT2D eigenvalue weighted by Crippen LogP contribution is -2.58. The smallest absolute Gasteiger partial charge is 0.326 e. The predicted molar refractivity (Wildman–Crippen MR) is 99.3 cm³/mol. The van der Waals surface area contributed by atoms with E-state index in [0.29, 0.717) is 18.5 Å². The van der Waals surface area contributed by atoms with Crippen molar-refractivity contribution in [3.05, 3.63) is 18.2 Å². The Hall–Kier alpha value is -2.99. The van der Waals surface area contributed by atoms with Crippen LogP contribution in [0.25, 0.3) is 0 Å². The molecule has 1 aromatic heterocycles. The van der Waals surface area contributed by atoms with Gasteiger partial charge in [0.15, 0.2) is 0 Å². The lowest BCUT2D eigenvalue weighted by Gasteiger charge is -2.27. The zero-order chi connectivity index (χ0) is 21.6. The van der Waals surface area contributed by atoms with Crippen LogP contribution in [0, 0.1) is 0 Å². The van der Waals surface area contributed by atoms with Crippen LogP contribution in [-0.2, 0) is 25.6 Å². The van der Waals surface area contributed by atoms with Crippen molar-refractivity contribution in [2.45, 2.75) is 50.4 Å². The second-order valence-corrected chi connectivity index (χ2v) is 6.90. The van der Waals surface area contributed by atoms with Crippen molar-refractivity contribution in [3.8, 4) is 0 Å². The van der Waals surface area contributed by atoms with Crippen LogP contribution in [0.2, 0.25) is 0 Å².